The van der Waals surface area contributed by atoms with Gasteiger partial charge in [-0.3, -0.25) is 9.69 Å². The molecule has 2 rings (SSSR count). The molecule has 2 fully saturated rings. The fourth-order valence-electron chi connectivity index (χ4n) is 3.02. The van der Waals surface area contributed by atoms with Crippen LogP contribution in [0.15, 0.2) is 0 Å². The second-order valence-electron chi connectivity index (χ2n) is 4.45. The molecule has 0 aromatic carbocycles. The Hall–Kier alpha value is -0.370. The zero-order valence-corrected chi connectivity index (χ0v) is 8.08. The number of ketones is 1. The number of Topliss-reactive ketones (excluding diaryl/α,β-unsaturated/α-hetero) is 1. The summed E-state index contributed by atoms with van der Waals surface area (Å²) in [6.07, 6.45) is 1.94. The second-order valence-corrected chi connectivity index (χ2v) is 4.45. The van der Waals surface area contributed by atoms with Crippen molar-refractivity contribution in [1.82, 2.24) is 4.90 Å². The lowest BCUT2D eigenvalue weighted by molar-refractivity contribution is -0.124. The summed E-state index contributed by atoms with van der Waals surface area (Å²) in [6, 6.07) is 1.66. The molecule has 0 N–H and O–H groups in total. The van der Waals surface area contributed by atoms with Gasteiger partial charge >= 0.3 is 0 Å². The topological polar surface area (TPSA) is 20.3 Å². The summed E-state index contributed by atoms with van der Waals surface area (Å²) in [6.45, 7) is 6.64. The second kappa shape index (κ2) is 2.56. The van der Waals surface area contributed by atoms with Crippen LogP contribution in [-0.2, 0) is 4.79 Å². The van der Waals surface area contributed by atoms with Crippen LogP contribution in [0.25, 0.3) is 0 Å². The number of carbonyl (C=O) groups excluding carboxylic acids is 1. The molecule has 0 aromatic rings. The van der Waals surface area contributed by atoms with E-state index in [-0.39, 0.29) is 0 Å². The molecule has 3 unspecified atom stereocenters. The van der Waals surface area contributed by atoms with Gasteiger partial charge in [-0.05, 0) is 27.2 Å². The number of likely N-dealkylation sites (tertiary alicyclic amines) is 1. The van der Waals surface area contributed by atoms with E-state index in [1.54, 1.807) is 0 Å². The van der Waals surface area contributed by atoms with E-state index < -0.39 is 0 Å². The van der Waals surface area contributed by atoms with Gasteiger partial charge in [-0.1, -0.05) is 0 Å². The lowest BCUT2D eigenvalue weighted by Gasteiger charge is -2.35. The van der Waals surface area contributed by atoms with Gasteiger partial charge in [0.1, 0.15) is 5.78 Å². The predicted molar refractivity (Wildman–Crippen MR) is 48.0 cm³/mol. The molecule has 0 amide bonds. The zero-order chi connectivity index (χ0) is 8.88. The summed E-state index contributed by atoms with van der Waals surface area (Å²) >= 11 is 0. The molecule has 1 saturated carbocycles. The first kappa shape index (κ1) is 8.24. The van der Waals surface area contributed by atoms with E-state index in [2.05, 4.69) is 25.7 Å². The number of carbonyl (C=O) groups is 1. The minimum atomic E-state index is 0.359. The van der Waals surface area contributed by atoms with E-state index in [9.17, 15) is 4.79 Å². The van der Waals surface area contributed by atoms with Gasteiger partial charge in [-0.15, -0.1) is 0 Å². The van der Waals surface area contributed by atoms with E-state index in [0.717, 1.165) is 12.8 Å². The fraction of sp³-hybridized carbons (Fsp3) is 0.900. The van der Waals surface area contributed by atoms with Gasteiger partial charge in [0.15, 0.2) is 0 Å². The number of piperidine rings is 1. The Kier molecular flexibility index (Phi) is 1.76. The van der Waals surface area contributed by atoms with Crippen LogP contribution in [0.2, 0.25) is 0 Å². The molecule has 12 heavy (non-hydrogen) atoms. The van der Waals surface area contributed by atoms with E-state index in [4.69, 9.17) is 0 Å². The number of nitrogens with zero attached hydrogens (tertiary/aromatic N) is 1. The predicted octanol–water partition coefficient (Wildman–Crippen LogP) is 1.45. The van der Waals surface area contributed by atoms with Crippen molar-refractivity contribution in [2.75, 3.05) is 0 Å². The van der Waals surface area contributed by atoms with Gasteiger partial charge in [-0.25, -0.2) is 0 Å². The lowest BCUT2D eigenvalue weighted by Crippen LogP contribution is -2.46. The molecule has 1 aliphatic heterocycles. The average molecular weight is 167 g/mol. The Labute approximate surface area is 73.9 Å². The maximum absolute atomic E-state index is 11.4. The summed E-state index contributed by atoms with van der Waals surface area (Å²) in [5.41, 5.74) is 0. The molecular weight excluding hydrogens is 150 g/mol. The molecule has 68 valence electrons. The third-order valence-corrected chi connectivity index (χ3v) is 3.45. The highest BCUT2D eigenvalue weighted by Crippen LogP contribution is 2.40. The molecule has 0 spiro atoms. The van der Waals surface area contributed by atoms with Gasteiger partial charge in [0.2, 0.25) is 0 Å². The molecule has 1 saturated heterocycles. The third kappa shape index (κ3) is 0.939. The zero-order valence-electron chi connectivity index (χ0n) is 8.08. The van der Waals surface area contributed by atoms with Crippen LogP contribution in [0.4, 0.5) is 0 Å². The normalized spacial score (nSPS) is 41.7. The van der Waals surface area contributed by atoms with Crippen LogP contribution < -0.4 is 0 Å². The van der Waals surface area contributed by atoms with E-state index >= 15 is 0 Å². The van der Waals surface area contributed by atoms with Crippen molar-refractivity contribution in [2.45, 2.75) is 51.7 Å². The van der Waals surface area contributed by atoms with Gasteiger partial charge in [0.25, 0.3) is 0 Å². The van der Waals surface area contributed by atoms with Crippen LogP contribution >= 0.6 is 0 Å². The summed E-state index contributed by atoms with van der Waals surface area (Å²) in [5.74, 6) is 0.863. The highest BCUT2D eigenvalue weighted by Gasteiger charge is 2.49. The molecule has 1 heterocycles. The monoisotopic (exact) mass is 167 g/mol. The molecule has 0 aromatic heterocycles. The van der Waals surface area contributed by atoms with Crippen LogP contribution in [0.3, 0.4) is 0 Å². The fourth-order valence-corrected chi connectivity index (χ4v) is 3.02. The quantitative estimate of drug-likeness (QED) is 0.589. The van der Waals surface area contributed by atoms with Crippen molar-refractivity contribution >= 4 is 5.78 Å². The smallest absolute Gasteiger partial charge is 0.139 e. The van der Waals surface area contributed by atoms with Gasteiger partial charge in [0.05, 0.1) is 0 Å². The van der Waals surface area contributed by atoms with Gasteiger partial charge in [0, 0.05) is 30.5 Å². The highest BCUT2D eigenvalue weighted by atomic mass is 16.1. The van der Waals surface area contributed by atoms with Crippen molar-refractivity contribution in [3.63, 3.8) is 0 Å². The lowest BCUT2D eigenvalue weighted by atomic mass is 9.98. The first-order valence-electron chi connectivity index (χ1n) is 4.91. The van der Waals surface area contributed by atoms with Crippen LogP contribution in [-0.4, -0.2) is 28.8 Å². The Balaban J connectivity index is 2.18. The summed E-state index contributed by atoms with van der Waals surface area (Å²) in [7, 11) is 0. The van der Waals surface area contributed by atoms with Gasteiger partial charge in [-0.2, -0.15) is 0 Å². The molecule has 2 nitrogen and oxygen atoms in total. The summed E-state index contributed by atoms with van der Waals surface area (Å²) < 4.78 is 0. The van der Waals surface area contributed by atoms with E-state index in [1.165, 1.54) is 0 Å². The summed E-state index contributed by atoms with van der Waals surface area (Å²) in [5, 5.41) is 0. The van der Waals surface area contributed by atoms with Crippen molar-refractivity contribution in [1.29, 1.82) is 0 Å². The Morgan fingerprint density at radius 3 is 2.58 bits per heavy atom. The minimum Gasteiger partial charge on any atom is -0.299 e. The van der Waals surface area contributed by atoms with Gasteiger partial charge < -0.3 is 0 Å². The molecule has 2 bridgehead atoms. The van der Waals surface area contributed by atoms with Crippen LogP contribution in [0.5, 0.6) is 0 Å². The first-order valence-corrected chi connectivity index (χ1v) is 4.91. The van der Waals surface area contributed by atoms with Crippen molar-refractivity contribution in [2.24, 2.45) is 5.92 Å². The minimum absolute atomic E-state index is 0.359. The van der Waals surface area contributed by atoms with E-state index in [0.29, 0.717) is 29.8 Å². The first-order chi connectivity index (χ1) is 5.61. The number of hydrogen-bond donors (Lipinski definition) is 0. The Morgan fingerprint density at radius 1 is 1.50 bits per heavy atom. The Bertz CT molecular complexity index is 210. The summed E-state index contributed by atoms with van der Waals surface area (Å²) in [4.78, 5) is 13.9. The number of hydrogen-bond acceptors (Lipinski definition) is 2. The van der Waals surface area contributed by atoms with E-state index in [1.807, 2.05) is 0 Å². The molecule has 2 heteroatoms. The molecule has 1 aliphatic carbocycles. The van der Waals surface area contributed by atoms with Crippen molar-refractivity contribution < 1.29 is 4.79 Å². The van der Waals surface area contributed by atoms with Crippen molar-refractivity contribution in [3.8, 4) is 0 Å². The SMILES string of the molecule is CC(C)N1C2CC(=O)C(C2)C1C. The standard InChI is InChI=1S/C10H17NO/c1-6(2)11-7(3)9-4-8(11)5-10(9)12/h6-9H,4-5H2,1-3H3. The maximum atomic E-state index is 11.4. The largest absolute Gasteiger partial charge is 0.299 e. The van der Waals surface area contributed by atoms with Crippen LogP contribution in [0, 0.1) is 5.92 Å². The van der Waals surface area contributed by atoms with Crippen molar-refractivity contribution in [3.05, 3.63) is 0 Å². The molecule has 2 aliphatic rings. The third-order valence-electron chi connectivity index (χ3n) is 3.45. The number of fused-ring (bicyclic) bond motifs is 2. The van der Waals surface area contributed by atoms with Crippen LogP contribution in [0.1, 0.15) is 33.6 Å². The number of rotatable bonds is 1. The molecule has 3 atom stereocenters. The molecular formula is C10H17NO. The molecule has 0 radical (unpaired) electrons. The Morgan fingerprint density at radius 2 is 2.17 bits per heavy atom. The highest BCUT2D eigenvalue weighted by molar-refractivity contribution is 5.85. The average Bonchev–Trinajstić information content (AvgIpc) is 2.42. The maximum Gasteiger partial charge on any atom is 0.139 e.